The van der Waals surface area contributed by atoms with Crippen molar-refractivity contribution < 1.29 is 4.79 Å². The third-order valence-electron chi connectivity index (χ3n) is 2.20. The smallest absolute Gasteiger partial charge is 0.261 e. The van der Waals surface area contributed by atoms with Gasteiger partial charge in [0.05, 0.1) is 5.69 Å². The molecule has 0 fully saturated rings. The molecular weight excluding hydrogens is 222 g/mol. The lowest BCUT2D eigenvalue weighted by atomic mass is 10.2. The summed E-state index contributed by atoms with van der Waals surface area (Å²) in [5, 5.41) is 11.9. The molecule has 5 heteroatoms. The quantitative estimate of drug-likeness (QED) is 0.566. The fourth-order valence-corrected chi connectivity index (χ4v) is 2.42. The van der Waals surface area contributed by atoms with Crippen LogP contribution in [0.2, 0.25) is 0 Å². The van der Waals surface area contributed by atoms with E-state index in [9.17, 15) is 4.79 Å². The van der Waals surface area contributed by atoms with Crippen molar-refractivity contribution in [1.82, 2.24) is 0 Å². The molecule has 1 amide bonds. The maximum Gasteiger partial charge on any atom is 0.261 e. The molecule has 0 aliphatic carbocycles. The topological polar surface area (TPSA) is 78.9 Å². The molecular formula is C11H9N3OS. The van der Waals surface area contributed by atoms with Gasteiger partial charge in [0.25, 0.3) is 5.91 Å². The number of thioether (sulfide) groups is 1. The van der Waals surface area contributed by atoms with Crippen molar-refractivity contribution in [2.24, 2.45) is 5.73 Å². The van der Waals surface area contributed by atoms with Gasteiger partial charge in [0.15, 0.2) is 0 Å². The first-order valence-corrected chi connectivity index (χ1v) is 5.63. The maximum absolute atomic E-state index is 11.0. The molecule has 0 unspecified atom stereocenters. The average Bonchev–Trinajstić information content (AvgIpc) is 2.29. The minimum absolute atomic E-state index is 0.00185. The van der Waals surface area contributed by atoms with E-state index < -0.39 is 5.91 Å². The Labute approximate surface area is 97.1 Å². The monoisotopic (exact) mass is 231 g/mol. The van der Waals surface area contributed by atoms with Gasteiger partial charge in [0.2, 0.25) is 0 Å². The molecule has 0 atom stereocenters. The first kappa shape index (κ1) is 10.6. The van der Waals surface area contributed by atoms with Crippen molar-refractivity contribution in [1.29, 1.82) is 5.26 Å². The number of anilines is 1. The lowest BCUT2D eigenvalue weighted by Crippen LogP contribution is -2.20. The molecule has 2 rings (SSSR count). The predicted octanol–water partition coefficient (Wildman–Crippen LogP) is 1.47. The van der Waals surface area contributed by atoms with Crippen molar-refractivity contribution in [3.8, 4) is 6.07 Å². The number of benzene rings is 1. The molecule has 0 saturated heterocycles. The number of nitriles is 1. The number of carbonyl (C=O) groups is 1. The van der Waals surface area contributed by atoms with Crippen LogP contribution in [0.3, 0.4) is 0 Å². The first-order valence-electron chi connectivity index (χ1n) is 4.64. The summed E-state index contributed by atoms with van der Waals surface area (Å²) in [6.07, 6.45) is 0. The minimum Gasteiger partial charge on any atom is -0.365 e. The van der Waals surface area contributed by atoms with E-state index >= 15 is 0 Å². The van der Waals surface area contributed by atoms with E-state index in [1.165, 1.54) is 0 Å². The molecule has 1 aliphatic heterocycles. The second-order valence-corrected chi connectivity index (χ2v) is 4.26. The summed E-state index contributed by atoms with van der Waals surface area (Å²) in [6, 6.07) is 9.56. The predicted molar refractivity (Wildman–Crippen MR) is 62.6 cm³/mol. The number of para-hydroxylation sites is 1. The Hall–Kier alpha value is -1.93. The lowest BCUT2D eigenvalue weighted by molar-refractivity contribution is -0.114. The summed E-state index contributed by atoms with van der Waals surface area (Å²) in [7, 11) is 0. The van der Waals surface area contributed by atoms with Gasteiger partial charge in [0.1, 0.15) is 11.6 Å². The van der Waals surface area contributed by atoms with Gasteiger partial charge in [-0.1, -0.05) is 12.1 Å². The van der Waals surface area contributed by atoms with Crippen molar-refractivity contribution in [3.05, 3.63) is 35.5 Å². The van der Waals surface area contributed by atoms with Gasteiger partial charge < -0.3 is 11.1 Å². The largest absolute Gasteiger partial charge is 0.365 e. The van der Waals surface area contributed by atoms with E-state index in [0.717, 1.165) is 10.6 Å². The second kappa shape index (κ2) is 4.29. The van der Waals surface area contributed by atoms with Gasteiger partial charge in [-0.3, -0.25) is 4.79 Å². The Bertz CT molecular complexity index is 516. The number of nitrogens with two attached hydrogens (primary N) is 1. The molecule has 4 nitrogen and oxygen atoms in total. The molecule has 0 bridgehead atoms. The Morgan fingerprint density at radius 2 is 2.25 bits per heavy atom. The Morgan fingerprint density at radius 3 is 2.94 bits per heavy atom. The molecule has 0 saturated carbocycles. The van der Waals surface area contributed by atoms with E-state index in [4.69, 9.17) is 11.0 Å². The van der Waals surface area contributed by atoms with E-state index in [-0.39, 0.29) is 5.57 Å². The Kier molecular flexibility index (Phi) is 2.84. The molecule has 1 aromatic rings. The summed E-state index contributed by atoms with van der Waals surface area (Å²) in [5.74, 6) is -0.131. The van der Waals surface area contributed by atoms with Crippen molar-refractivity contribution in [3.63, 3.8) is 0 Å². The molecule has 0 spiro atoms. The Balaban J connectivity index is 2.39. The fraction of sp³-hybridized carbons (Fsp3) is 0.0909. The highest BCUT2D eigenvalue weighted by atomic mass is 32.2. The molecule has 0 radical (unpaired) electrons. The fourth-order valence-electron chi connectivity index (χ4n) is 1.45. The standard InChI is InChI=1S/C11H9N3OS/c12-5-7(11(13)15)9-6-16-10-4-2-1-3-8(10)14-9/h1-4,14H,6H2,(H2,13,15). The molecule has 3 N–H and O–H groups in total. The van der Waals surface area contributed by atoms with Crippen LogP contribution in [0.1, 0.15) is 0 Å². The number of rotatable bonds is 1. The highest BCUT2D eigenvalue weighted by Gasteiger charge is 2.18. The lowest BCUT2D eigenvalue weighted by Gasteiger charge is -2.20. The highest BCUT2D eigenvalue weighted by Crippen LogP contribution is 2.34. The highest BCUT2D eigenvalue weighted by molar-refractivity contribution is 7.99. The molecule has 1 heterocycles. The maximum atomic E-state index is 11.0. The van der Waals surface area contributed by atoms with Crippen molar-refractivity contribution in [2.45, 2.75) is 4.90 Å². The van der Waals surface area contributed by atoms with Gasteiger partial charge in [-0.05, 0) is 12.1 Å². The summed E-state index contributed by atoms with van der Waals surface area (Å²) < 4.78 is 0. The van der Waals surface area contributed by atoms with Crippen LogP contribution in [0.5, 0.6) is 0 Å². The Morgan fingerprint density at radius 1 is 1.50 bits per heavy atom. The van der Waals surface area contributed by atoms with Crippen LogP contribution in [0.15, 0.2) is 40.4 Å². The molecule has 0 aromatic heterocycles. The zero-order chi connectivity index (χ0) is 11.5. The van der Waals surface area contributed by atoms with Crippen LogP contribution in [0.25, 0.3) is 0 Å². The van der Waals surface area contributed by atoms with Crippen LogP contribution < -0.4 is 11.1 Å². The first-order chi connectivity index (χ1) is 7.72. The number of carbonyl (C=O) groups excluding carboxylic acids is 1. The number of primary amides is 1. The SMILES string of the molecule is N#CC(C(N)=O)=C1CSc2ccccc2N1. The number of hydrogen-bond donors (Lipinski definition) is 2. The molecule has 16 heavy (non-hydrogen) atoms. The van der Waals surface area contributed by atoms with Crippen LogP contribution in [0.4, 0.5) is 5.69 Å². The zero-order valence-electron chi connectivity index (χ0n) is 8.36. The summed E-state index contributed by atoms with van der Waals surface area (Å²) in [4.78, 5) is 12.1. The van der Waals surface area contributed by atoms with E-state index in [0.29, 0.717) is 11.4 Å². The summed E-state index contributed by atoms with van der Waals surface area (Å²) >= 11 is 1.58. The number of amides is 1. The third-order valence-corrected chi connectivity index (χ3v) is 3.30. The van der Waals surface area contributed by atoms with Gasteiger partial charge in [-0.25, -0.2) is 0 Å². The second-order valence-electron chi connectivity index (χ2n) is 3.24. The van der Waals surface area contributed by atoms with Crippen LogP contribution >= 0.6 is 11.8 Å². The van der Waals surface area contributed by atoms with Crippen LogP contribution in [0, 0.1) is 11.3 Å². The number of hydrogen-bond acceptors (Lipinski definition) is 4. The van der Waals surface area contributed by atoms with Crippen molar-refractivity contribution >= 4 is 23.4 Å². The normalized spacial score (nSPS) is 16.7. The molecule has 80 valence electrons. The van der Waals surface area contributed by atoms with Gasteiger partial charge in [-0.15, -0.1) is 11.8 Å². The summed E-state index contributed by atoms with van der Waals surface area (Å²) in [5.41, 5.74) is 6.62. The van der Waals surface area contributed by atoms with E-state index in [2.05, 4.69) is 5.32 Å². The van der Waals surface area contributed by atoms with Crippen molar-refractivity contribution in [2.75, 3.05) is 11.1 Å². The van der Waals surface area contributed by atoms with Crippen LogP contribution in [-0.4, -0.2) is 11.7 Å². The number of fused-ring (bicyclic) bond motifs is 1. The minimum atomic E-state index is -0.690. The zero-order valence-corrected chi connectivity index (χ0v) is 9.17. The third kappa shape index (κ3) is 1.88. The van der Waals surface area contributed by atoms with Gasteiger partial charge >= 0.3 is 0 Å². The molecule has 1 aromatic carbocycles. The molecule has 1 aliphatic rings. The van der Waals surface area contributed by atoms with Gasteiger partial charge in [-0.2, -0.15) is 5.26 Å². The number of nitrogens with zero attached hydrogens (tertiary/aromatic N) is 1. The van der Waals surface area contributed by atoms with Crippen LogP contribution in [-0.2, 0) is 4.79 Å². The average molecular weight is 231 g/mol. The van der Waals surface area contributed by atoms with Gasteiger partial charge in [0, 0.05) is 16.3 Å². The summed E-state index contributed by atoms with van der Waals surface area (Å²) in [6.45, 7) is 0. The number of nitrogens with one attached hydrogen (secondary N) is 1. The van der Waals surface area contributed by atoms with E-state index in [1.54, 1.807) is 11.8 Å². The van der Waals surface area contributed by atoms with E-state index in [1.807, 2.05) is 30.3 Å².